The van der Waals surface area contributed by atoms with E-state index in [2.05, 4.69) is 21.2 Å². The van der Waals surface area contributed by atoms with E-state index in [1.165, 1.54) is 0 Å². The highest BCUT2D eigenvalue weighted by molar-refractivity contribution is 9.10. The van der Waals surface area contributed by atoms with Crippen LogP contribution < -0.4 is 5.32 Å². The normalized spacial score (nSPS) is 25.1. The van der Waals surface area contributed by atoms with Gasteiger partial charge in [-0.25, -0.2) is 4.39 Å². The minimum Gasteiger partial charge on any atom is -0.316 e. The van der Waals surface area contributed by atoms with E-state index in [0.717, 1.165) is 36.0 Å². The largest absolute Gasteiger partial charge is 0.316 e. The summed E-state index contributed by atoms with van der Waals surface area (Å²) in [7, 11) is 0. The molecule has 0 aromatic heterocycles. The van der Waals surface area contributed by atoms with Crippen LogP contribution in [0.3, 0.4) is 0 Å². The smallest absolute Gasteiger partial charge is 0.137 e. The monoisotopic (exact) mass is 285 g/mol. The van der Waals surface area contributed by atoms with Crippen molar-refractivity contribution in [2.45, 2.75) is 25.4 Å². The third kappa shape index (κ3) is 2.46. The van der Waals surface area contributed by atoms with E-state index >= 15 is 0 Å². The van der Waals surface area contributed by atoms with E-state index in [4.69, 9.17) is 0 Å². The van der Waals surface area contributed by atoms with Crippen molar-refractivity contribution < 1.29 is 4.39 Å². The van der Waals surface area contributed by atoms with Crippen LogP contribution in [0, 0.1) is 5.92 Å². The molecule has 3 heteroatoms. The Labute approximate surface area is 105 Å². The molecule has 1 aliphatic rings. The highest BCUT2D eigenvalue weighted by Crippen LogP contribution is 2.37. The molecular formula is C13H17BrFN. The molecule has 0 radical (unpaired) electrons. The Balaban J connectivity index is 2.19. The standard InChI is InChI=1S/C13H17BrFN/c1-13(15,11-3-2-8-16-9-11)10-4-6-12(14)7-5-10/h4-7,11,16H,2-3,8-9H2,1H3. The SMILES string of the molecule is CC(F)(c1ccc(Br)cc1)C1CCCNC1. The first-order valence-corrected chi connectivity index (χ1v) is 6.55. The van der Waals surface area contributed by atoms with Gasteiger partial charge in [-0.3, -0.25) is 0 Å². The van der Waals surface area contributed by atoms with E-state index in [1.54, 1.807) is 6.92 Å². The van der Waals surface area contributed by atoms with Crippen molar-refractivity contribution in [2.24, 2.45) is 5.92 Å². The Morgan fingerprint density at radius 3 is 2.62 bits per heavy atom. The van der Waals surface area contributed by atoms with Gasteiger partial charge in [-0.1, -0.05) is 28.1 Å². The molecule has 1 N–H and O–H groups in total. The lowest BCUT2D eigenvalue weighted by molar-refractivity contribution is 0.0812. The third-order valence-corrected chi connectivity index (χ3v) is 4.00. The second-order valence-electron chi connectivity index (χ2n) is 4.63. The molecule has 0 aliphatic carbocycles. The maximum absolute atomic E-state index is 14.8. The van der Waals surface area contributed by atoms with Crippen LogP contribution in [0.5, 0.6) is 0 Å². The summed E-state index contributed by atoms with van der Waals surface area (Å²) in [5.74, 6) is 0.0856. The van der Waals surface area contributed by atoms with E-state index in [1.807, 2.05) is 24.3 Å². The van der Waals surface area contributed by atoms with E-state index in [9.17, 15) is 4.39 Å². The molecule has 0 saturated carbocycles. The van der Waals surface area contributed by atoms with Crippen LogP contribution in [0.2, 0.25) is 0 Å². The zero-order valence-corrected chi connectivity index (χ0v) is 11.1. The minimum absolute atomic E-state index is 0.0856. The van der Waals surface area contributed by atoms with Crippen molar-refractivity contribution in [1.29, 1.82) is 0 Å². The Hall–Kier alpha value is -0.410. The summed E-state index contributed by atoms with van der Waals surface area (Å²) in [5, 5.41) is 3.27. The van der Waals surface area contributed by atoms with Gasteiger partial charge in [0.1, 0.15) is 5.67 Å². The first kappa shape index (κ1) is 12.1. The average molecular weight is 286 g/mol. The highest BCUT2D eigenvalue weighted by atomic mass is 79.9. The number of piperidine rings is 1. The van der Waals surface area contributed by atoms with E-state index < -0.39 is 5.67 Å². The molecule has 2 rings (SSSR count). The second kappa shape index (κ2) is 4.84. The van der Waals surface area contributed by atoms with Crippen LogP contribution in [0.25, 0.3) is 0 Å². The van der Waals surface area contributed by atoms with Crippen LogP contribution in [0.1, 0.15) is 25.3 Å². The minimum atomic E-state index is -1.23. The molecule has 2 unspecified atom stereocenters. The van der Waals surface area contributed by atoms with Gasteiger partial charge < -0.3 is 5.32 Å². The van der Waals surface area contributed by atoms with Gasteiger partial charge in [-0.15, -0.1) is 0 Å². The Morgan fingerprint density at radius 1 is 1.38 bits per heavy atom. The number of rotatable bonds is 2. The number of hydrogen-bond acceptors (Lipinski definition) is 1. The van der Waals surface area contributed by atoms with Crippen LogP contribution in [0.15, 0.2) is 28.7 Å². The summed E-state index contributed by atoms with van der Waals surface area (Å²) in [6, 6.07) is 7.56. The summed E-state index contributed by atoms with van der Waals surface area (Å²) in [6.07, 6.45) is 2.04. The maximum Gasteiger partial charge on any atom is 0.137 e. The average Bonchev–Trinajstić information content (AvgIpc) is 2.31. The Morgan fingerprint density at radius 2 is 2.06 bits per heavy atom. The van der Waals surface area contributed by atoms with Gasteiger partial charge in [0.05, 0.1) is 0 Å². The lowest BCUT2D eigenvalue weighted by Crippen LogP contribution is -2.39. The fourth-order valence-electron chi connectivity index (χ4n) is 2.33. The van der Waals surface area contributed by atoms with Gasteiger partial charge in [-0.05, 0) is 44.0 Å². The predicted molar refractivity (Wildman–Crippen MR) is 68.2 cm³/mol. The first-order valence-electron chi connectivity index (χ1n) is 5.76. The highest BCUT2D eigenvalue weighted by Gasteiger charge is 2.36. The molecule has 88 valence electrons. The molecule has 1 fully saturated rings. The Bertz CT molecular complexity index is 341. The van der Waals surface area contributed by atoms with Crippen molar-refractivity contribution in [1.82, 2.24) is 5.32 Å². The van der Waals surface area contributed by atoms with Crippen LogP contribution >= 0.6 is 15.9 Å². The predicted octanol–water partition coefficient (Wildman–Crippen LogP) is 3.63. The van der Waals surface area contributed by atoms with Crippen molar-refractivity contribution in [3.8, 4) is 0 Å². The molecule has 0 spiro atoms. The number of hydrogen-bond donors (Lipinski definition) is 1. The number of halogens is 2. The number of benzene rings is 1. The zero-order valence-electron chi connectivity index (χ0n) is 9.47. The summed E-state index contributed by atoms with van der Waals surface area (Å²) in [6.45, 7) is 3.50. The second-order valence-corrected chi connectivity index (χ2v) is 5.54. The molecule has 1 aromatic rings. The quantitative estimate of drug-likeness (QED) is 0.875. The number of nitrogens with one attached hydrogen (secondary N) is 1. The van der Waals surface area contributed by atoms with E-state index in [0.29, 0.717) is 0 Å². The van der Waals surface area contributed by atoms with Crippen LogP contribution in [-0.4, -0.2) is 13.1 Å². The van der Waals surface area contributed by atoms with Crippen molar-refractivity contribution in [3.63, 3.8) is 0 Å². The molecule has 1 aromatic carbocycles. The summed E-state index contributed by atoms with van der Waals surface area (Å²) < 4.78 is 15.8. The summed E-state index contributed by atoms with van der Waals surface area (Å²) in [4.78, 5) is 0. The van der Waals surface area contributed by atoms with Crippen molar-refractivity contribution >= 4 is 15.9 Å². The van der Waals surface area contributed by atoms with Gasteiger partial charge in [-0.2, -0.15) is 0 Å². The topological polar surface area (TPSA) is 12.0 Å². The third-order valence-electron chi connectivity index (χ3n) is 3.47. The van der Waals surface area contributed by atoms with Gasteiger partial charge in [0, 0.05) is 16.9 Å². The molecule has 1 aliphatic heterocycles. The number of alkyl halides is 1. The van der Waals surface area contributed by atoms with E-state index in [-0.39, 0.29) is 5.92 Å². The maximum atomic E-state index is 14.8. The van der Waals surface area contributed by atoms with Crippen molar-refractivity contribution in [3.05, 3.63) is 34.3 Å². The zero-order chi connectivity index (χ0) is 11.6. The van der Waals surface area contributed by atoms with Gasteiger partial charge in [0.15, 0.2) is 0 Å². The molecule has 1 nitrogen and oxygen atoms in total. The molecule has 0 bridgehead atoms. The van der Waals surface area contributed by atoms with Gasteiger partial charge in [0.2, 0.25) is 0 Å². The fraction of sp³-hybridized carbons (Fsp3) is 0.538. The summed E-state index contributed by atoms with van der Waals surface area (Å²) >= 11 is 3.37. The molecule has 0 amide bonds. The lowest BCUT2D eigenvalue weighted by atomic mass is 9.80. The van der Waals surface area contributed by atoms with Crippen LogP contribution in [-0.2, 0) is 5.67 Å². The lowest BCUT2D eigenvalue weighted by Gasteiger charge is -2.34. The molecule has 1 heterocycles. The summed E-state index contributed by atoms with van der Waals surface area (Å²) in [5.41, 5.74) is -0.446. The molecule has 16 heavy (non-hydrogen) atoms. The van der Waals surface area contributed by atoms with Gasteiger partial charge >= 0.3 is 0 Å². The van der Waals surface area contributed by atoms with Gasteiger partial charge in [0.25, 0.3) is 0 Å². The van der Waals surface area contributed by atoms with Crippen molar-refractivity contribution in [2.75, 3.05) is 13.1 Å². The fourth-order valence-corrected chi connectivity index (χ4v) is 2.59. The molecule has 2 atom stereocenters. The Kier molecular flexibility index (Phi) is 3.65. The first-order chi connectivity index (χ1) is 7.60. The molecule has 1 saturated heterocycles. The van der Waals surface area contributed by atoms with Crippen LogP contribution in [0.4, 0.5) is 4.39 Å². The molecular weight excluding hydrogens is 269 g/mol.